The highest BCUT2D eigenvalue weighted by molar-refractivity contribution is 9.10. The summed E-state index contributed by atoms with van der Waals surface area (Å²) in [6.45, 7) is 6.81. The Morgan fingerprint density at radius 3 is 1.36 bits per heavy atom. The fourth-order valence-electron chi connectivity index (χ4n) is 1.90. The summed E-state index contributed by atoms with van der Waals surface area (Å²) in [5.74, 6) is 0.805. The third-order valence-electron chi connectivity index (χ3n) is 2.68. The lowest BCUT2D eigenvalue weighted by atomic mass is 9.92. The summed E-state index contributed by atoms with van der Waals surface area (Å²) in [4.78, 5) is 1.40. The van der Waals surface area contributed by atoms with Crippen molar-refractivity contribution in [2.24, 2.45) is 5.92 Å². The summed E-state index contributed by atoms with van der Waals surface area (Å²) < 4.78 is 0. The van der Waals surface area contributed by atoms with Gasteiger partial charge in [-0.3, -0.25) is 0 Å². The average molecular weight is 328 g/mol. The van der Waals surface area contributed by atoms with E-state index in [9.17, 15) is 0 Å². The molecule has 0 saturated heterocycles. The predicted molar refractivity (Wildman–Crippen MR) is 73.6 cm³/mol. The number of alkyl halides is 2. The van der Waals surface area contributed by atoms with Gasteiger partial charge >= 0.3 is 0 Å². The zero-order chi connectivity index (χ0) is 11.0. The van der Waals surface area contributed by atoms with Crippen LogP contribution in [0.15, 0.2) is 0 Å². The van der Waals surface area contributed by atoms with Crippen molar-refractivity contribution in [1.29, 1.82) is 0 Å². The SMILES string of the molecule is CCCC(Br)C(CCC)C(Br)CCC. The summed E-state index contributed by atoms with van der Waals surface area (Å²) >= 11 is 7.69. The van der Waals surface area contributed by atoms with Crippen molar-refractivity contribution in [2.45, 2.75) is 69.0 Å². The molecule has 0 aliphatic heterocycles. The number of rotatable bonds is 8. The van der Waals surface area contributed by atoms with Gasteiger partial charge in [-0.2, -0.15) is 0 Å². The second-order valence-electron chi connectivity index (χ2n) is 4.06. The molecule has 86 valence electrons. The highest BCUT2D eigenvalue weighted by Crippen LogP contribution is 2.32. The molecular weight excluding hydrogens is 304 g/mol. The Hall–Kier alpha value is 0.960. The standard InChI is InChI=1S/C12H24Br2/c1-4-7-10(11(13)8-5-2)12(14)9-6-3/h10-12H,4-9H2,1-3H3. The molecule has 0 aliphatic rings. The van der Waals surface area contributed by atoms with Crippen LogP contribution in [0.1, 0.15) is 59.3 Å². The Bertz CT molecular complexity index is 113. The second kappa shape index (κ2) is 9.21. The van der Waals surface area contributed by atoms with Crippen LogP contribution in [-0.4, -0.2) is 9.65 Å². The molecule has 2 heteroatoms. The monoisotopic (exact) mass is 326 g/mol. The van der Waals surface area contributed by atoms with Crippen molar-refractivity contribution in [2.75, 3.05) is 0 Å². The van der Waals surface area contributed by atoms with Gasteiger partial charge in [0.25, 0.3) is 0 Å². The number of halogens is 2. The van der Waals surface area contributed by atoms with Gasteiger partial charge in [0.15, 0.2) is 0 Å². The van der Waals surface area contributed by atoms with Gasteiger partial charge in [-0.05, 0) is 25.2 Å². The van der Waals surface area contributed by atoms with Crippen LogP contribution in [0.4, 0.5) is 0 Å². The zero-order valence-corrected chi connectivity index (χ0v) is 12.9. The van der Waals surface area contributed by atoms with E-state index in [0.29, 0.717) is 9.65 Å². The molecule has 0 rings (SSSR count). The highest BCUT2D eigenvalue weighted by atomic mass is 79.9. The van der Waals surface area contributed by atoms with E-state index in [1.165, 1.54) is 38.5 Å². The minimum Gasteiger partial charge on any atom is -0.0887 e. The first-order valence-corrected chi connectivity index (χ1v) is 7.78. The topological polar surface area (TPSA) is 0 Å². The Balaban J connectivity index is 4.10. The molecule has 0 nitrogen and oxygen atoms in total. The van der Waals surface area contributed by atoms with Gasteiger partial charge in [0, 0.05) is 9.65 Å². The molecule has 0 amide bonds. The summed E-state index contributed by atoms with van der Waals surface area (Å²) in [6.07, 6.45) is 7.80. The molecule has 0 N–H and O–H groups in total. The lowest BCUT2D eigenvalue weighted by molar-refractivity contribution is 0.422. The smallest absolute Gasteiger partial charge is 0.0184 e. The van der Waals surface area contributed by atoms with Gasteiger partial charge in [-0.15, -0.1) is 0 Å². The van der Waals surface area contributed by atoms with Gasteiger partial charge in [-0.1, -0.05) is 71.9 Å². The normalized spacial score (nSPS) is 17.8. The first kappa shape index (κ1) is 15.0. The third-order valence-corrected chi connectivity index (χ3v) is 4.95. The van der Waals surface area contributed by atoms with E-state index in [1.807, 2.05) is 0 Å². The third kappa shape index (κ3) is 5.75. The molecule has 2 unspecified atom stereocenters. The molecule has 0 heterocycles. The molecule has 2 atom stereocenters. The van der Waals surface area contributed by atoms with E-state index in [0.717, 1.165) is 5.92 Å². The van der Waals surface area contributed by atoms with Gasteiger partial charge in [0.1, 0.15) is 0 Å². The van der Waals surface area contributed by atoms with Crippen LogP contribution < -0.4 is 0 Å². The van der Waals surface area contributed by atoms with Crippen molar-refractivity contribution in [3.05, 3.63) is 0 Å². The zero-order valence-electron chi connectivity index (χ0n) is 9.73. The first-order valence-electron chi connectivity index (χ1n) is 5.95. The largest absolute Gasteiger partial charge is 0.0887 e. The molecule has 0 bridgehead atoms. The minimum absolute atomic E-state index is 0.698. The van der Waals surface area contributed by atoms with E-state index in [1.54, 1.807) is 0 Å². The summed E-state index contributed by atoms with van der Waals surface area (Å²) in [6, 6.07) is 0. The molecule has 0 aliphatic carbocycles. The number of hydrogen-bond acceptors (Lipinski definition) is 0. The van der Waals surface area contributed by atoms with E-state index < -0.39 is 0 Å². The first-order chi connectivity index (χ1) is 6.67. The maximum Gasteiger partial charge on any atom is 0.0184 e. The fourth-order valence-corrected chi connectivity index (χ4v) is 4.49. The average Bonchev–Trinajstić information content (AvgIpc) is 2.14. The van der Waals surface area contributed by atoms with Crippen LogP contribution in [0.3, 0.4) is 0 Å². The van der Waals surface area contributed by atoms with Crippen molar-refractivity contribution in [3.63, 3.8) is 0 Å². The van der Waals surface area contributed by atoms with Crippen molar-refractivity contribution < 1.29 is 0 Å². The Morgan fingerprint density at radius 2 is 1.07 bits per heavy atom. The molecule has 0 spiro atoms. The Kier molecular flexibility index (Phi) is 9.84. The Morgan fingerprint density at radius 1 is 0.714 bits per heavy atom. The van der Waals surface area contributed by atoms with Gasteiger partial charge < -0.3 is 0 Å². The second-order valence-corrected chi connectivity index (χ2v) is 6.41. The molecule has 0 aromatic rings. The van der Waals surface area contributed by atoms with Crippen LogP contribution in [0.25, 0.3) is 0 Å². The summed E-state index contributed by atoms with van der Waals surface area (Å²) in [5.41, 5.74) is 0. The van der Waals surface area contributed by atoms with Gasteiger partial charge in [0.05, 0.1) is 0 Å². The number of hydrogen-bond donors (Lipinski definition) is 0. The van der Waals surface area contributed by atoms with E-state index in [2.05, 4.69) is 52.6 Å². The van der Waals surface area contributed by atoms with Crippen LogP contribution in [0.5, 0.6) is 0 Å². The van der Waals surface area contributed by atoms with Crippen LogP contribution in [0.2, 0.25) is 0 Å². The van der Waals surface area contributed by atoms with E-state index in [-0.39, 0.29) is 0 Å². The molecule has 0 fully saturated rings. The summed E-state index contributed by atoms with van der Waals surface area (Å²) in [7, 11) is 0. The maximum absolute atomic E-state index is 3.85. The van der Waals surface area contributed by atoms with Gasteiger partial charge in [0.2, 0.25) is 0 Å². The predicted octanol–water partition coefficient (Wildman–Crippen LogP) is 5.53. The van der Waals surface area contributed by atoms with Crippen molar-refractivity contribution in [3.8, 4) is 0 Å². The van der Waals surface area contributed by atoms with E-state index in [4.69, 9.17) is 0 Å². The lowest BCUT2D eigenvalue weighted by Crippen LogP contribution is -2.24. The lowest BCUT2D eigenvalue weighted by Gasteiger charge is -2.26. The molecule has 14 heavy (non-hydrogen) atoms. The van der Waals surface area contributed by atoms with Crippen LogP contribution >= 0.6 is 31.9 Å². The minimum atomic E-state index is 0.698. The van der Waals surface area contributed by atoms with Crippen molar-refractivity contribution in [1.82, 2.24) is 0 Å². The molecule has 0 radical (unpaired) electrons. The summed E-state index contributed by atoms with van der Waals surface area (Å²) in [5, 5.41) is 0. The molecule has 0 aromatic heterocycles. The molecule has 0 aromatic carbocycles. The Labute approximate surface area is 106 Å². The highest BCUT2D eigenvalue weighted by Gasteiger charge is 2.23. The van der Waals surface area contributed by atoms with Crippen LogP contribution in [0, 0.1) is 5.92 Å². The quantitative estimate of drug-likeness (QED) is 0.514. The molecular formula is C12H24Br2. The van der Waals surface area contributed by atoms with Crippen molar-refractivity contribution >= 4 is 31.9 Å². The molecule has 0 saturated carbocycles. The maximum atomic E-state index is 3.85. The van der Waals surface area contributed by atoms with Gasteiger partial charge in [-0.25, -0.2) is 0 Å². The van der Waals surface area contributed by atoms with Crippen LogP contribution in [-0.2, 0) is 0 Å². The fraction of sp³-hybridized carbons (Fsp3) is 1.00. The van der Waals surface area contributed by atoms with E-state index >= 15 is 0 Å².